The van der Waals surface area contributed by atoms with Gasteiger partial charge in [-0.15, -0.1) is 0 Å². The van der Waals surface area contributed by atoms with Crippen molar-refractivity contribution in [3.05, 3.63) is 0 Å². The van der Waals surface area contributed by atoms with Crippen LogP contribution < -0.4 is 5.32 Å². The minimum Gasteiger partial charge on any atom is -0.342 e. The highest BCUT2D eigenvalue weighted by Crippen LogP contribution is 2.27. The molecule has 0 aromatic carbocycles. The fraction of sp³-hybridized carbons (Fsp3) is 0.933. The molecule has 2 rings (SSSR count). The third-order valence-corrected chi connectivity index (χ3v) is 4.91. The van der Waals surface area contributed by atoms with Gasteiger partial charge >= 0.3 is 0 Å². The summed E-state index contributed by atoms with van der Waals surface area (Å²) >= 11 is 0. The molecule has 2 atom stereocenters. The highest BCUT2D eigenvalue weighted by Gasteiger charge is 2.31. The molecule has 0 aromatic rings. The van der Waals surface area contributed by atoms with E-state index in [9.17, 15) is 4.79 Å². The molecule has 2 aliphatic heterocycles. The molecule has 3 heteroatoms. The zero-order valence-corrected chi connectivity index (χ0v) is 12.1. The number of hydrogen-bond donors (Lipinski definition) is 1. The van der Waals surface area contributed by atoms with Gasteiger partial charge in [-0.1, -0.05) is 20.8 Å². The van der Waals surface area contributed by atoms with Crippen molar-refractivity contribution in [3.8, 4) is 0 Å². The molecule has 18 heavy (non-hydrogen) atoms. The second kappa shape index (κ2) is 6.05. The lowest BCUT2D eigenvalue weighted by molar-refractivity contribution is -0.137. The average Bonchev–Trinajstić information content (AvgIpc) is 2.91. The van der Waals surface area contributed by atoms with Crippen LogP contribution >= 0.6 is 0 Å². The van der Waals surface area contributed by atoms with Gasteiger partial charge in [0.25, 0.3) is 0 Å². The molecule has 2 saturated heterocycles. The summed E-state index contributed by atoms with van der Waals surface area (Å²) in [6, 6.07) is 0.727. The van der Waals surface area contributed by atoms with E-state index in [1.807, 2.05) is 0 Å². The molecule has 0 aromatic heterocycles. The maximum absolute atomic E-state index is 12.3. The van der Waals surface area contributed by atoms with E-state index in [4.69, 9.17) is 0 Å². The van der Waals surface area contributed by atoms with Gasteiger partial charge in [0, 0.05) is 25.0 Å². The number of piperidine rings is 1. The van der Waals surface area contributed by atoms with Crippen molar-refractivity contribution < 1.29 is 4.79 Å². The van der Waals surface area contributed by atoms with Crippen LogP contribution in [0.5, 0.6) is 0 Å². The summed E-state index contributed by atoms with van der Waals surface area (Å²) in [6.07, 6.45) is 5.04. The lowest BCUT2D eigenvalue weighted by Crippen LogP contribution is -2.45. The molecule has 2 unspecified atom stereocenters. The molecule has 2 aliphatic rings. The first-order chi connectivity index (χ1) is 8.59. The summed E-state index contributed by atoms with van der Waals surface area (Å²) < 4.78 is 0. The molecule has 2 fully saturated rings. The van der Waals surface area contributed by atoms with Gasteiger partial charge in [0.05, 0.1) is 0 Å². The van der Waals surface area contributed by atoms with Gasteiger partial charge in [-0.2, -0.15) is 0 Å². The molecular weight excluding hydrogens is 224 g/mol. The van der Waals surface area contributed by atoms with Crippen LogP contribution in [-0.2, 0) is 4.79 Å². The molecule has 0 aliphatic carbocycles. The zero-order chi connectivity index (χ0) is 13.1. The fourth-order valence-electron chi connectivity index (χ4n) is 3.21. The number of carbonyl (C=O) groups is 1. The summed E-state index contributed by atoms with van der Waals surface area (Å²) in [6.45, 7) is 9.47. The Kier molecular flexibility index (Phi) is 4.66. The number of carbonyl (C=O) groups excluding carboxylic acids is 1. The quantitative estimate of drug-likeness (QED) is 0.835. The Balaban J connectivity index is 1.80. The van der Waals surface area contributed by atoms with Gasteiger partial charge in [-0.05, 0) is 44.1 Å². The average molecular weight is 252 g/mol. The maximum atomic E-state index is 12.3. The Morgan fingerprint density at radius 2 is 1.83 bits per heavy atom. The molecule has 1 N–H and O–H groups in total. The SMILES string of the molecule is CC(C)C(C)C(=O)N1CCC(C2CCCN2)CC1. The van der Waals surface area contributed by atoms with E-state index in [-0.39, 0.29) is 5.92 Å². The Hall–Kier alpha value is -0.570. The molecule has 0 radical (unpaired) electrons. The third kappa shape index (κ3) is 3.05. The van der Waals surface area contributed by atoms with Crippen LogP contribution in [0, 0.1) is 17.8 Å². The first-order valence-electron chi connectivity index (χ1n) is 7.61. The maximum Gasteiger partial charge on any atom is 0.225 e. The first kappa shape index (κ1) is 13.9. The van der Waals surface area contributed by atoms with E-state index in [0.29, 0.717) is 11.8 Å². The molecule has 1 amide bonds. The summed E-state index contributed by atoms with van der Waals surface area (Å²) in [5, 5.41) is 3.61. The van der Waals surface area contributed by atoms with Crippen molar-refractivity contribution in [2.45, 2.75) is 52.5 Å². The van der Waals surface area contributed by atoms with Crippen LogP contribution in [0.15, 0.2) is 0 Å². The van der Waals surface area contributed by atoms with Crippen molar-refractivity contribution in [1.82, 2.24) is 10.2 Å². The fourth-order valence-corrected chi connectivity index (χ4v) is 3.21. The Labute approximate surface area is 111 Å². The van der Waals surface area contributed by atoms with E-state index in [1.165, 1.54) is 32.2 Å². The lowest BCUT2D eigenvalue weighted by atomic mass is 9.87. The van der Waals surface area contributed by atoms with Gasteiger partial charge in [0.1, 0.15) is 0 Å². The van der Waals surface area contributed by atoms with Gasteiger partial charge in [-0.25, -0.2) is 0 Å². The predicted molar refractivity (Wildman–Crippen MR) is 74.3 cm³/mol. The minimum atomic E-state index is 0.172. The van der Waals surface area contributed by atoms with Crippen LogP contribution in [0.25, 0.3) is 0 Å². The summed E-state index contributed by atoms with van der Waals surface area (Å²) in [5.41, 5.74) is 0. The molecule has 0 bridgehead atoms. The highest BCUT2D eigenvalue weighted by molar-refractivity contribution is 5.78. The second-order valence-electron chi connectivity index (χ2n) is 6.40. The number of nitrogens with one attached hydrogen (secondary N) is 1. The number of nitrogens with zero attached hydrogens (tertiary/aromatic N) is 1. The molecule has 0 saturated carbocycles. The summed E-state index contributed by atoms with van der Waals surface area (Å²) in [7, 11) is 0. The minimum absolute atomic E-state index is 0.172. The topological polar surface area (TPSA) is 32.3 Å². The number of hydrogen-bond acceptors (Lipinski definition) is 2. The van der Waals surface area contributed by atoms with Crippen molar-refractivity contribution in [2.75, 3.05) is 19.6 Å². The predicted octanol–water partition coefficient (Wildman–Crippen LogP) is 2.27. The normalized spacial score (nSPS) is 27.8. The number of rotatable bonds is 3. The van der Waals surface area contributed by atoms with Crippen LogP contribution in [0.4, 0.5) is 0 Å². The van der Waals surface area contributed by atoms with E-state index < -0.39 is 0 Å². The molecular formula is C15H28N2O. The van der Waals surface area contributed by atoms with E-state index >= 15 is 0 Å². The molecule has 104 valence electrons. The number of likely N-dealkylation sites (tertiary alicyclic amines) is 1. The largest absolute Gasteiger partial charge is 0.342 e. The van der Waals surface area contributed by atoms with Gasteiger partial charge < -0.3 is 10.2 Å². The Bertz CT molecular complexity index is 276. The third-order valence-electron chi connectivity index (χ3n) is 4.91. The molecule has 3 nitrogen and oxygen atoms in total. The highest BCUT2D eigenvalue weighted by atomic mass is 16.2. The molecule has 0 spiro atoms. The zero-order valence-electron chi connectivity index (χ0n) is 12.1. The standard InChI is InChI=1S/C15H28N2O/c1-11(2)12(3)15(18)17-9-6-13(7-10-17)14-5-4-8-16-14/h11-14,16H,4-10H2,1-3H3. The van der Waals surface area contributed by atoms with Gasteiger partial charge in [0.15, 0.2) is 0 Å². The van der Waals surface area contributed by atoms with Crippen molar-refractivity contribution in [2.24, 2.45) is 17.8 Å². The molecule has 2 heterocycles. The monoisotopic (exact) mass is 252 g/mol. The van der Waals surface area contributed by atoms with Gasteiger partial charge in [0.2, 0.25) is 5.91 Å². The van der Waals surface area contributed by atoms with E-state index in [2.05, 4.69) is 31.0 Å². The Morgan fingerprint density at radius 3 is 2.33 bits per heavy atom. The van der Waals surface area contributed by atoms with Crippen LogP contribution in [0.1, 0.15) is 46.5 Å². The number of amides is 1. The first-order valence-corrected chi connectivity index (χ1v) is 7.61. The van der Waals surface area contributed by atoms with Crippen LogP contribution in [0.2, 0.25) is 0 Å². The summed E-state index contributed by atoms with van der Waals surface area (Å²) in [5.74, 6) is 1.78. The van der Waals surface area contributed by atoms with Crippen molar-refractivity contribution in [3.63, 3.8) is 0 Å². The smallest absolute Gasteiger partial charge is 0.225 e. The van der Waals surface area contributed by atoms with E-state index in [1.54, 1.807) is 0 Å². The van der Waals surface area contributed by atoms with Crippen LogP contribution in [-0.4, -0.2) is 36.5 Å². The second-order valence-corrected chi connectivity index (χ2v) is 6.40. The van der Waals surface area contributed by atoms with Gasteiger partial charge in [-0.3, -0.25) is 4.79 Å². The van der Waals surface area contributed by atoms with Crippen molar-refractivity contribution in [1.29, 1.82) is 0 Å². The Morgan fingerprint density at radius 1 is 1.17 bits per heavy atom. The van der Waals surface area contributed by atoms with E-state index in [0.717, 1.165) is 25.0 Å². The summed E-state index contributed by atoms with van der Waals surface area (Å²) in [4.78, 5) is 14.4. The van der Waals surface area contributed by atoms with Crippen LogP contribution in [0.3, 0.4) is 0 Å². The lowest BCUT2D eigenvalue weighted by Gasteiger charge is -2.36. The van der Waals surface area contributed by atoms with Crippen molar-refractivity contribution >= 4 is 5.91 Å².